The van der Waals surface area contributed by atoms with Gasteiger partial charge >= 0.3 is 6.01 Å². The fraction of sp³-hybridized carbons (Fsp3) is 0.121. The SMILES string of the molecule is C=C(C)C(=O)Nc1ccc(-c2sc3c(-c4ccn(C)n4)cnc(N)c3c2-c2ccc(Oc3nccc(C)n3)c(F)c2)c(C)c1. The van der Waals surface area contributed by atoms with E-state index in [1.165, 1.54) is 17.4 Å². The smallest absolute Gasteiger partial charge is 0.322 e. The number of nitrogens with two attached hydrogens (primary N) is 1. The average Bonchev–Trinajstić information content (AvgIpc) is 3.59. The minimum absolute atomic E-state index is 0.00510. The maximum atomic E-state index is 15.6. The zero-order valence-corrected chi connectivity index (χ0v) is 25.3. The second-order valence-corrected chi connectivity index (χ2v) is 11.5. The van der Waals surface area contributed by atoms with Crippen molar-refractivity contribution >= 4 is 38.8 Å². The summed E-state index contributed by atoms with van der Waals surface area (Å²) in [5.41, 5.74) is 13.0. The molecule has 0 aliphatic carbocycles. The molecule has 6 aromatic rings. The maximum Gasteiger partial charge on any atom is 0.322 e. The second kappa shape index (κ2) is 11.3. The summed E-state index contributed by atoms with van der Waals surface area (Å²) >= 11 is 1.53. The van der Waals surface area contributed by atoms with Crippen molar-refractivity contribution in [2.45, 2.75) is 20.8 Å². The molecule has 4 heterocycles. The molecule has 220 valence electrons. The summed E-state index contributed by atoms with van der Waals surface area (Å²) in [6.07, 6.45) is 5.13. The zero-order chi connectivity index (χ0) is 31.1. The summed E-state index contributed by atoms with van der Waals surface area (Å²) in [6.45, 7) is 9.13. The van der Waals surface area contributed by atoms with E-state index in [1.807, 2.05) is 44.4 Å². The van der Waals surface area contributed by atoms with Gasteiger partial charge in [-0.1, -0.05) is 18.7 Å². The summed E-state index contributed by atoms with van der Waals surface area (Å²) in [4.78, 5) is 25.9. The summed E-state index contributed by atoms with van der Waals surface area (Å²) in [5.74, 6) is -0.532. The van der Waals surface area contributed by atoms with Crippen molar-refractivity contribution in [1.82, 2.24) is 24.7 Å². The van der Waals surface area contributed by atoms with Crippen LogP contribution in [0.3, 0.4) is 0 Å². The third-order valence-electron chi connectivity index (χ3n) is 7.04. The van der Waals surface area contributed by atoms with Gasteiger partial charge in [-0.25, -0.2) is 19.3 Å². The van der Waals surface area contributed by atoms with E-state index in [-0.39, 0.29) is 17.7 Å². The number of halogens is 1. The molecule has 0 radical (unpaired) electrons. The van der Waals surface area contributed by atoms with Gasteiger partial charge in [0.1, 0.15) is 5.82 Å². The number of ether oxygens (including phenoxy) is 1. The molecule has 1 amide bonds. The van der Waals surface area contributed by atoms with Gasteiger partial charge in [0.2, 0.25) is 0 Å². The number of aryl methyl sites for hydroxylation is 3. The highest BCUT2D eigenvalue weighted by molar-refractivity contribution is 7.23. The van der Waals surface area contributed by atoms with Crippen molar-refractivity contribution in [1.29, 1.82) is 0 Å². The van der Waals surface area contributed by atoms with Gasteiger partial charge in [0, 0.05) is 64.0 Å². The Morgan fingerprint density at radius 2 is 1.91 bits per heavy atom. The van der Waals surface area contributed by atoms with Crippen LogP contribution in [0.2, 0.25) is 0 Å². The number of nitrogens with one attached hydrogen (secondary N) is 1. The Hall–Kier alpha value is -5.42. The Bertz CT molecular complexity index is 2100. The van der Waals surface area contributed by atoms with Crippen LogP contribution in [0.15, 0.2) is 79.3 Å². The molecule has 3 N–H and O–H groups in total. The van der Waals surface area contributed by atoms with E-state index >= 15 is 4.39 Å². The van der Waals surface area contributed by atoms with Gasteiger partial charge in [-0.2, -0.15) is 5.10 Å². The lowest BCUT2D eigenvalue weighted by Crippen LogP contribution is -2.11. The van der Waals surface area contributed by atoms with Crippen molar-refractivity contribution in [3.05, 3.63) is 96.3 Å². The van der Waals surface area contributed by atoms with Crippen LogP contribution in [-0.2, 0) is 11.8 Å². The standard InChI is InChI=1S/C33H28FN7O2S/c1-17(2)32(42)39-21-7-8-22(18(3)14-21)29-27(20-6-9-26(24(34)15-20)43-33-36-12-10-19(4)38-33)28-30(44-29)23(16-37-31(28)35)25-11-13-41(5)40-25/h6-16H,1H2,2-5H3,(H2,35,37)(H,39,42). The third kappa shape index (κ3) is 5.40. The lowest BCUT2D eigenvalue weighted by molar-refractivity contribution is -0.112. The largest absolute Gasteiger partial charge is 0.421 e. The normalized spacial score (nSPS) is 11.1. The van der Waals surface area contributed by atoms with Crippen LogP contribution in [0.4, 0.5) is 15.9 Å². The first-order valence-corrected chi connectivity index (χ1v) is 14.5. The fourth-order valence-corrected chi connectivity index (χ4v) is 6.32. The van der Waals surface area contributed by atoms with Crippen LogP contribution < -0.4 is 15.8 Å². The number of amides is 1. The molecule has 0 fully saturated rings. The average molecular weight is 606 g/mol. The molecular formula is C33H28FN7O2S. The van der Waals surface area contributed by atoms with Crippen molar-refractivity contribution in [3.63, 3.8) is 0 Å². The van der Waals surface area contributed by atoms with E-state index < -0.39 is 5.82 Å². The van der Waals surface area contributed by atoms with Crippen molar-refractivity contribution in [2.24, 2.45) is 7.05 Å². The van der Waals surface area contributed by atoms with Crippen LogP contribution in [0, 0.1) is 19.7 Å². The van der Waals surface area contributed by atoms with Gasteiger partial charge in [0.15, 0.2) is 11.6 Å². The molecular weight excluding hydrogens is 577 g/mol. The molecule has 0 saturated carbocycles. The first kappa shape index (κ1) is 28.7. The van der Waals surface area contributed by atoms with Crippen LogP contribution in [0.5, 0.6) is 11.8 Å². The highest BCUT2D eigenvalue weighted by atomic mass is 32.1. The summed E-state index contributed by atoms with van der Waals surface area (Å²) in [5, 5.41) is 8.15. The first-order chi connectivity index (χ1) is 21.1. The monoisotopic (exact) mass is 605 g/mol. The molecule has 0 aliphatic heterocycles. The van der Waals surface area contributed by atoms with Gasteiger partial charge in [-0.05, 0) is 73.9 Å². The molecule has 0 spiro atoms. The lowest BCUT2D eigenvalue weighted by Gasteiger charge is -2.12. The minimum atomic E-state index is -0.583. The van der Waals surface area contributed by atoms with Crippen molar-refractivity contribution in [3.8, 4) is 44.6 Å². The second-order valence-electron chi connectivity index (χ2n) is 10.4. The van der Waals surface area contributed by atoms with E-state index in [0.29, 0.717) is 33.7 Å². The number of pyridine rings is 1. The van der Waals surface area contributed by atoms with E-state index in [2.05, 4.69) is 31.9 Å². The van der Waals surface area contributed by atoms with E-state index in [0.717, 1.165) is 37.5 Å². The van der Waals surface area contributed by atoms with Crippen molar-refractivity contribution < 1.29 is 13.9 Å². The molecule has 2 aromatic carbocycles. The highest BCUT2D eigenvalue weighted by Crippen LogP contribution is 2.50. The van der Waals surface area contributed by atoms with E-state index in [1.54, 1.807) is 49.1 Å². The molecule has 0 unspecified atom stereocenters. The van der Waals surface area contributed by atoms with Gasteiger partial charge in [0.25, 0.3) is 5.91 Å². The minimum Gasteiger partial charge on any atom is -0.421 e. The molecule has 11 heteroatoms. The number of nitrogens with zero attached hydrogens (tertiary/aromatic N) is 5. The van der Waals surface area contributed by atoms with Crippen LogP contribution in [-0.4, -0.2) is 30.6 Å². The van der Waals surface area contributed by atoms with Crippen molar-refractivity contribution in [2.75, 3.05) is 11.1 Å². The number of hydrogen-bond donors (Lipinski definition) is 2. The number of rotatable bonds is 7. The predicted octanol–water partition coefficient (Wildman–Crippen LogP) is 7.47. The summed E-state index contributed by atoms with van der Waals surface area (Å²) < 4.78 is 23.9. The quantitative estimate of drug-likeness (QED) is 0.181. The number of fused-ring (bicyclic) bond motifs is 1. The van der Waals surface area contributed by atoms with Gasteiger partial charge < -0.3 is 15.8 Å². The number of carbonyl (C=O) groups excluding carboxylic acids is 1. The molecule has 0 aliphatic rings. The Labute approximate surface area is 256 Å². The maximum absolute atomic E-state index is 15.6. The number of thiophene rings is 1. The Balaban J connectivity index is 1.54. The number of carbonyl (C=O) groups is 1. The summed E-state index contributed by atoms with van der Waals surface area (Å²) in [7, 11) is 1.85. The number of hydrogen-bond acceptors (Lipinski definition) is 8. The van der Waals surface area contributed by atoms with Gasteiger partial charge in [0.05, 0.1) is 10.4 Å². The molecule has 0 saturated heterocycles. The Morgan fingerprint density at radius 3 is 2.59 bits per heavy atom. The number of aromatic nitrogens is 5. The summed E-state index contributed by atoms with van der Waals surface area (Å²) in [6, 6.07) is 14.1. The van der Waals surface area contributed by atoms with Gasteiger partial charge in [-0.3, -0.25) is 9.48 Å². The Kier molecular flexibility index (Phi) is 7.40. The molecule has 44 heavy (non-hydrogen) atoms. The van der Waals surface area contributed by atoms with Gasteiger partial charge in [-0.15, -0.1) is 11.3 Å². The Morgan fingerprint density at radius 1 is 1.09 bits per heavy atom. The van der Waals surface area contributed by atoms with Crippen LogP contribution in [0.25, 0.3) is 42.9 Å². The molecule has 9 nitrogen and oxygen atoms in total. The predicted molar refractivity (Wildman–Crippen MR) is 172 cm³/mol. The number of nitrogen functional groups attached to an aromatic ring is 1. The van der Waals surface area contributed by atoms with Crippen LogP contribution >= 0.6 is 11.3 Å². The molecule has 0 atom stereocenters. The first-order valence-electron chi connectivity index (χ1n) is 13.7. The molecule has 6 rings (SSSR count). The topological polar surface area (TPSA) is 121 Å². The fourth-order valence-electron chi connectivity index (χ4n) is 4.88. The van der Waals surface area contributed by atoms with Crippen LogP contribution in [0.1, 0.15) is 18.2 Å². The third-order valence-corrected chi connectivity index (χ3v) is 8.30. The number of benzene rings is 2. The molecule has 0 bridgehead atoms. The lowest BCUT2D eigenvalue weighted by atomic mass is 9.96. The van der Waals surface area contributed by atoms with E-state index in [9.17, 15) is 4.79 Å². The van der Waals surface area contributed by atoms with E-state index in [4.69, 9.17) is 10.5 Å². The number of anilines is 2. The zero-order valence-electron chi connectivity index (χ0n) is 24.5. The highest BCUT2D eigenvalue weighted by Gasteiger charge is 2.24. The molecule has 4 aromatic heterocycles.